The van der Waals surface area contributed by atoms with Gasteiger partial charge in [0, 0.05) is 18.2 Å². The van der Waals surface area contributed by atoms with Gasteiger partial charge in [-0.15, -0.1) is 0 Å². The molecule has 12 heteroatoms. The minimum Gasteiger partial charge on any atom is -0.497 e. The maximum atomic E-state index is 13.6. The monoisotopic (exact) mass is 501 g/mol. The first-order valence-electron chi connectivity index (χ1n) is 10.1. The fraction of sp³-hybridized carbons (Fsp3) is 0.174. The zero-order valence-electron chi connectivity index (χ0n) is 19.1. The van der Waals surface area contributed by atoms with Gasteiger partial charge in [-0.05, 0) is 30.3 Å². The molecule has 3 rings (SSSR count). The highest BCUT2D eigenvalue weighted by Crippen LogP contribution is 2.36. The van der Waals surface area contributed by atoms with E-state index in [4.69, 9.17) is 14.2 Å². The summed E-state index contributed by atoms with van der Waals surface area (Å²) in [6.07, 6.45) is 0. The average Bonchev–Trinajstić information content (AvgIpc) is 2.87. The molecule has 184 valence electrons. The Morgan fingerprint density at radius 3 is 2.23 bits per heavy atom. The Bertz CT molecular complexity index is 1330. The summed E-state index contributed by atoms with van der Waals surface area (Å²) in [5.74, 6) is -0.0114. The van der Waals surface area contributed by atoms with Crippen molar-refractivity contribution in [1.29, 1.82) is 0 Å². The Kier molecular flexibility index (Phi) is 7.76. The van der Waals surface area contributed by atoms with Crippen LogP contribution in [0.25, 0.3) is 0 Å². The molecule has 35 heavy (non-hydrogen) atoms. The Morgan fingerprint density at radius 2 is 1.63 bits per heavy atom. The van der Waals surface area contributed by atoms with Gasteiger partial charge < -0.3 is 19.5 Å². The minimum atomic E-state index is -4.22. The number of ether oxygens (including phenoxy) is 3. The first-order chi connectivity index (χ1) is 16.7. The Balaban J connectivity index is 2.04. The van der Waals surface area contributed by atoms with E-state index in [1.54, 1.807) is 18.2 Å². The first-order valence-corrected chi connectivity index (χ1v) is 11.6. The van der Waals surface area contributed by atoms with Gasteiger partial charge in [0.1, 0.15) is 23.8 Å². The third-order valence-electron chi connectivity index (χ3n) is 4.94. The van der Waals surface area contributed by atoms with E-state index in [1.165, 1.54) is 63.8 Å². The van der Waals surface area contributed by atoms with Gasteiger partial charge in [0.05, 0.1) is 42.5 Å². The third kappa shape index (κ3) is 5.61. The molecule has 3 aromatic carbocycles. The lowest BCUT2D eigenvalue weighted by atomic mass is 10.2. The van der Waals surface area contributed by atoms with Crippen LogP contribution in [0.1, 0.15) is 0 Å². The maximum Gasteiger partial charge on any atom is 0.271 e. The molecule has 0 aromatic heterocycles. The molecule has 0 aliphatic heterocycles. The van der Waals surface area contributed by atoms with Crippen molar-refractivity contribution in [2.24, 2.45) is 0 Å². The SMILES string of the molecule is COc1ccc(N(CC(=O)Nc2cc([N+](=O)[O-])ccc2OC)S(=O)(=O)c2ccccc2)c(OC)c1. The number of methoxy groups -OCH3 is 3. The van der Waals surface area contributed by atoms with Gasteiger partial charge in [0.25, 0.3) is 15.7 Å². The second-order valence-electron chi connectivity index (χ2n) is 7.05. The number of carbonyl (C=O) groups excluding carboxylic acids is 1. The number of non-ortho nitro benzene ring substituents is 1. The van der Waals surface area contributed by atoms with Crippen molar-refractivity contribution in [3.63, 3.8) is 0 Å². The summed E-state index contributed by atoms with van der Waals surface area (Å²) < 4.78 is 43.7. The van der Waals surface area contributed by atoms with Gasteiger partial charge in [-0.1, -0.05) is 18.2 Å². The predicted octanol–water partition coefficient (Wildman–Crippen LogP) is 3.45. The molecule has 0 fully saturated rings. The highest BCUT2D eigenvalue weighted by atomic mass is 32.2. The number of amides is 1. The number of nitrogens with one attached hydrogen (secondary N) is 1. The van der Waals surface area contributed by atoms with E-state index in [1.807, 2.05) is 0 Å². The smallest absolute Gasteiger partial charge is 0.271 e. The fourth-order valence-electron chi connectivity index (χ4n) is 3.24. The molecule has 0 spiro atoms. The second-order valence-corrected chi connectivity index (χ2v) is 8.91. The van der Waals surface area contributed by atoms with Gasteiger partial charge in [0.2, 0.25) is 5.91 Å². The lowest BCUT2D eigenvalue weighted by molar-refractivity contribution is -0.384. The van der Waals surface area contributed by atoms with Gasteiger partial charge >= 0.3 is 0 Å². The van der Waals surface area contributed by atoms with Crippen molar-refractivity contribution in [3.05, 3.63) is 76.8 Å². The number of nitro benzene ring substituents is 1. The number of benzene rings is 3. The molecule has 3 aromatic rings. The van der Waals surface area contributed by atoms with E-state index in [2.05, 4.69) is 5.32 Å². The summed E-state index contributed by atoms with van der Waals surface area (Å²) in [4.78, 5) is 23.5. The fourth-order valence-corrected chi connectivity index (χ4v) is 4.69. The van der Waals surface area contributed by atoms with E-state index in [-0.39, 0.29) is 33.5 Å². The lowest BCUT2D eigenvalue weighted by Crippen LogP contribution is -2.38. The van der Waals surface area contributed by atoms with Gasteiger partial charge in [-0.2, -0.15) is 0 Å². The molecule has 11 nitrogen and oxygen atoms in total. The highest BCUT2D eigenvalue weighted by Gasteiger charge is 2.30. The van der Waals surface area contributed by atoms with E-state index in [9.17, 15) is 23.3 Å². The molecule has 0 aliphatic rings. The molecule has 0 radical (unpaired) electrons. The molecule has 0 heterocycles. The minimum absolute atomic E-state index is 0.0189. The van der Waals surface area contributed by atoms with Crippen molar-refractivity contribution >= 4 is 33.0 Å². The van der Waals surface area contributed by atoms with Crippen LogP contribution in [0.15, 0.2) is 71.6 Å². The molecule has 1 N–H and O–H groups in total. The Morgan fingerprint density at radius 1 is 0.943 bits per heavy atom. The van der Waals surface area contributed by atoms with Crippen LogP contribution in [0.2, 0.25) is 0 Å². The van der Waals surface area contributed by atoms with Gasteiger partial charge in [-0.3, -0.25) is 19.2 Å². The number of nitro groups is 1. The number of sulfonamides is 1. The zero-order valence-corrected chi connectivity index (χ0v) is 19.9. The molecule has 0 saturated carbocycles. The number of hydrogen-bond acceptors (Lipinski definition) is 8. The largest absolute Gasteiger partial charge is 0.497 e. The normalized spacial score (nSPS) is 10.8. The quantitative estimate of drug-likeness (QED) is 0.329. The van der Waals surface area contributed by atoms with E-state index < -0.39 is 27.4 Å². The summed E-state index contributed by atoms with van der Waals surface area (Å²) >= 11 is 0. The number of rotatable bonds is 10. The van der Waals surface area contributed by atoms with Crippen LogP contribution in [0, 0.1) is 10.1 Å². The summed E-state index contributed by atoms with van der Waals surface area (Å²) in [5, 5.41) is 13.7. The summed E-state index contributed by atoms with van der Waals surface area (Å²) in [5.41, 5.74) is -0.157. The van der Waals surface area contributed by atoms with E-state index in [0.717, 1.165) is 10.4 Å². The maximum absolute atomic E-state index is 13.6. The molecule has 0 unspecified atom stereocenters. The van der Waals surface area contributed by atoms with Crippen LogP contribution in [-0.4, -0.2) is 47.1 Å². The van der Waals surface area contributed by atoms with Crippen LogP contribution >= 0.6 is 0 Å². The van der Waals surface area contributed by atoms with Gasteiger partial charge in [-0.25, -0.2) is 8.42 Å². The first kappa shape index (κ1) is 25.3. The Labute approximate surface area is 202 Å². The molecule has 0 aliphatic carbocycles. The molecule has 0 saturated heterocycles. The second kappa shape index (κ2) is 10.7. The zero-order chi connectivity index (χ0) is 25.6. The van der Waals surface area contributed by atoms with Crippen LogP contribution in [0.3, 0.4) is 0 Å². The predicted molar refractivity (Wildman–Crippen MR) is 129 cm³/mol. The van der Waals surface area contributed by atoms with Gasteiger partial charge in [0.15, 0.2) is 0 Å². The van der Waals surface area contributed by atoms with Crippen molar-refractivity contribution in [1.82, 2.24) is 0 Å². The summed E-state index contributed by atoms with van der Waals surface area (Å²) in [7, 11) is -0.0683. The number of hydrogen-bond donors (Lipinski definition) is 1. The molecule has 1 amide bonds. The summed E-state index contributed by atoms with van der Waals surface area (Å²) in [6, 6.07) is 15.8. The van der Waals surface area contributed by atoms with Crippen LogP contribution in [0.5, 0.6) is 17.2 Å². The van der Waals surface area contributed by atoms with Crippen molar-refractivity contribution in [2.45, 2.75) is 4.90 Å². The summed E-state index contributed by atoms with van der Waals surface area (Å²) in [6.45, 7) is -0.661. The highest BCUT2D eigenvalue weighted by molar-refractivity contribution is 7.92. The van der Waals surface area contributed by atoms with Crippen molar-refractivity contribution in [3.8, 4) is 17.2 Å². The molecular formula is C23H23N3O8S. The third-order valence-corrected chi connectivity index (χ3v) is 6.72. The number of carbonyl (C=O) groups is 1. The molecule has 0 bridgehead atoms. The Hall–Kier alpha value is -4.32. The topological polar surface area (TPSA) is 137 Å². The molecular weight excluding hydrogens is 478 g/mol. The van der Waals surface area contributed by atoms with Crippen molar-refractivity contribution < 1.29 is 32.3 Å². The standard InChI is InChI=1S/C23H23N3O8S/c1-32-17-10-11-20(22(14-17)34-3)25(35(30,31)18-7-5-4-6-8-18)15-23(27)24-19-13-16(26(28)29)9-12-21(19)33-2/h4-14H,15H2,1-3H3,(H,24,27). The van der Waals surface area contributed by atoms with Crippen LogP contribution in [-0.2, 0) is 14.8 Å². The van der Waals surface area contributed by atoms with Crippen LogP contribution in [0.4, 0.5) is 17.1 Å². The van der Waals surface area contributed by atoms with E-state index in [0.29, 0.717) is 5.75 Å². The van der Waals surface area contributed by atoms with E-state index >= 15 is 0 Å². The van der Waals surface area contributed by atoms with Crippen LogP contribution < -0.4 is 23.8 Å². The number of nitrogens with zero attached hydrogens (tertiary/aromatic N) is 2. The molecule has 0 atom stereocenters. The lowest BCUT2D eigenvalue weighted by Gasteiger charge is -2.26. The number of anilines is 2. The average molecular weight is 502 g/mol. The van der Waals surface area contributed by atoms with Crippen molar-refractivity contribution in [2.75, 3.05) is 37.5 Å².